The van der Waals surface area contributed by atoms with E-state index < -0.39 is 5.82 Å². The highest BCUT2D eigenvalue weighted by molar-refractivity contribution is 5.76. The average Bonchev–Trinajstić information content (AvgIpc) is 2.74. The number of fused-ring (bicyclic) bond motifs is 2. The molecule has 114 valence electrons. The van der Waals surface area contributed by atoms with Crippen LogP contribution in [0.15, 0.2) is 53.7 Å². The second-order valence-corrected chi connectivity index (χ2v) is 5.55. The van der Waals surface area contributed by atoms with Gasteiger partial charge in [0.25, 0.3) is 0 Å². The van der Waals surface area contributed by atoms with Gasteiger partial charge in [-0.25, -0.2) is 4.39 Å². The first kappa shape index (κ1) is 15.0. The molecule has 0 saturated heterocycles. The Bertz CT molecular complexity index is 853. The van der Waals surface area contributed by atoms with Crippen molar-refractivity contribution in [1.82, 2.24) is 0 Å². The van der Waals surface area contributed by atoms with Crippen molar-refractivity contribution in [2.24, 2.45) is 5.11 Å². The zero-order valence-electron chi connectivity index (χ0n) is 12.4. The first-order valence-corrected chi connectivity index (χ1v) is 7.22. The van der Waals surface area contributed by atoms with Crippen LogP contribution >= 0.6 is 0 Å². The van der Waals surface area contributed by atoms with E-state index in [4.69, 9.17) is 5.53 Å². The molecule has 0 radical (unpaired) electrons. The van der Waals surface area contributed by atoms with E-state index in [9.17, 15) is 9.18 Å². The van der Waals surface area contributed by atoms with Crippen LogP contribution < -0.4 is 0 Å². The van der Waals surface area contributed by atoms with Gasteiger partial charge in [-0.15, -0.1) is 0 Å². The van der Waals surface area contributed by atoms with Gasteiger partial charge in [0.1, 0.15) is 12.1 Å². The van der Waals surface area contributed by atoms with E-state index in [2.05, 4.69) is 16.6 Å². The zero-order chi connectivity index (χ0) is 16.4. The van der Waals surface area contributed by atoms with Gasteiger partial charge >= 0.3 is 0 Å². The Morgan fingerprint density at radius 2 is 2.09 bits per heavy atom. The minimum Gasteiger partial charge on any atom is -0.298 e. The number of benzene rings is 2. The van der Waals surface area contributed by atoms with Crippen LogP contribution in [-0.2, 0) is 17.6 Å². The Morgan fingerprint density at radius 3 is 2.83 bits per heavy atom. The Labute approximate surface area is 132 Å². The average molecular weight is 307 g/mol. The molecule has 2 aromatic carbocycles. The summed E-state index contributed by atoms with van der Waals surface area (Å²) < 4.78 is 14.1. The maximum atomic E-state index is 14.1. The molecule has 0 N–H and O–H groups in total. The van der Waals surface area contributed by atoms with Gasteiger partial charge < -0.3 is 0 Å². The number of carbonyl (C=O) groups is 1. The van der Waals surface area contributed by atoms with Crippen LogP contribution in [0.4, 0.5) is 10.1 Å². The largest absolute Gasteiger partial charge is 0.298 e. The first-order valence-electron chi connectivity index (χ1n) is 7.22. The smallest absolute Gasteiger partial charge is 0.146 e. The molecule has 1 aliphatic carbocycles. The van der Waals surface area contributed by atoms with E-state index in [1.807, 2.05) is 24.3 Å². The molecule has 0 heterocycles. The van der Waals surface area contributed by atoms with Crippen molar-refractivity contribution >= 4 is 12.0 Å². The fourth-order valence-electron chi connectivity index (χ4n) is 3.16. The topological polar surface area (TPSA) is 65.8 Å². The number of allylic oxidation sites excluding steroid dienone is 1. The number of azide groups is 1. The van der Waals surface area contributed by atoms with E-state index in [-0.39, 0.29) is 11.6 Å². The molecule has 3 rings (SSSR count). The molecule has 0 aromatic heterocycles. The number of carbonyl (C=O) groups excluding carboxylic acids is 1. The van der Waals surface area contributed by atoms with Crippen LogP contribution in [0.2, 0.25) is 0 Å². The highest BCUT2D eigenvalue weighted by Crippen LogP contribution is 2.39. The van der Waals surface area contributed by atoms with Gasteiger partial charge in [0, 0.05) is 10.8 Å². The lowest BCUT2D eigenvalue weighted by molar-refractivity contribution is -0.105. The molecule has 0 spiro atoms. The highest BCUT2D eigenvalue weighted by atomic mass is 19.1. The van der Waals surface area contributed by atoms with Gasteiger partial charge in [0.2, 0.25) is 0 Å². The van der Waals surface area contributed by atoms with Crippen LogP contribution in [0.3, 0.4) is 0 Å². The van der Waals surface area contributed by atoms with Crippen molar-refractivity contribution < 1.29 is 9.18 Å². The molecule has 5 heteroatoms. The van der Waals surface area contributed by atoms with E-state index in [1.165, 1.54) is 6.07 Å². The second-order valence-electron chi connectivity index (χ2n) is 5.55. The Morgan fingerprint density at radius 1 is 1.30 bits per heavy atom. The van der Waals surface area contributed by atoms with Gasteiger partial charge in [-0.2, -0.15) is 0 Å². The molecule has 0 saturated carbocycles. The normalized spacial score (nSPS) is 15.6. The summed E-state index contributed by atoms with van der Waals surface area (Å²) in [6.45, 7) is 3.84. The summed E-state index contributed by atoms with van der Waals surface area (Å²) in [4.78, 5) is 14.0. The maximum Gasteiger partial charge on any atom is 0.146 e. The van der Waals surface area contributed by atoms with Crippen LogP contribution in [-0.4, -0.2) is 6.29 Å². The first-order chi connectivity index (χ1) is 11.2. The summed E-state index contributed by atoms with van der Waals surface area (Å²) in [7, 11) is 0. The summed E-state index contributed by atoms with van der Waals surface area (Å²) in [5, 5.41) is 3.53. The number of aldehydes is 1. The predicted octanol–water partition coefficient (Wildman–Crippen LogP) is 4.75. The Balaban J connectivity index is 2.25. The molecule has 0 bridgehead atoms. The van der Waals surface area contributed by atoms with E-state index in [0.29, 0.717) is 24.0 Å². The SMILES string of the molecule is C=C(C=O)[C@H]1Cc2c(ccc(F)c2N=[N+]=[N-])Cc2ccccc21. The van der Waals surface area contributed by atoms with E-state index in [1.54, 1.807) is 6.07 Å². The third-order valence-corrected chi connectivity index (χ3v) is 4.29. The van der Waals surface area contributed by atoms with Crippen LogP contribution in [0.25, 0.3) is 10.4 Å². The van der Waals surface area contributed by atoms with Gasteiger partial charge in [-0.3, -0.25) is 4.79 Å². The number of halogens is 1. The van der Waals surface area contributed by atoms with Crippen LogP contribution in [0, 0.1) is 5.82 Å². The van der Waals surface area contributed by atoms with E-state index in [0.717, 1.165) is 23.0 Å². The van der Waals surface area contributed by atoms with Crippen molar-refractivity contribution in [3.05, 3.63) is 87.1 Å². The lowest BCUT2D eigenvalue weighted by atomic mass is 9.86. The third-order valence-electron chi connectivity index (χ3n) is 4.29. The molecule has 2 aromatic rings. The number of nitrogens with zero attached hydrogens (tertiary/aromatic N) is 3. The molecule has 1 aliphatic rings. The van der Waals surface area contributed by atoms with Crippen LogP contribution in [0.5, 0.6) is 0 Å². The Kier molecular flexibility index (Phi) is 3.96. The molecular weight excluding hydrogens is 293 g/mol. The molecular formula is C18H14FN3O. The lowest BCUT2D eigenvalue weighted by Gasteiger charge is -2.18. The summed E-state index contributed by atoms with van der Waals surface area (Å²) in [6.07, 6.45) is 1.72. The van der Waals surface area contributed by atoms with Gasteiger partial charge in [0.15, 0.2) is 0 Å². The molecule has 4 nitrogen and oxygen atoms in total. The molecule has 0 fully saturated rings. The maximum absolute atomic E-state index is 14.1. The van der Waals surface area contributed by atoms with Crippen molar-refractivity contribution in [1.29, 1.82) is 0 Å². The van der Waals surface area contributed by atoms with Gasteiger partial charge in [-0.1, -0.05) is 42.0 Å². The molecule has 0 unspecified atom stereocenters. The zero-order valence-corrected chi connectivity index (χ0v) is 12.4. The summed E-state index contributed by atoms with van der Waals surface area (Å²) in [5.74, 6) is -0.803. The Hall–Kier alpha value is -2.91. The molecule has 23 heavy (non-hydrogen) atoms. The number of hydrogen-bond donors (Lipinski definition) is 0. The van der Waals surface area contributed by atoms with Crippen molar-refractivity contribution in [3.8, 4) is 0 Å². The standard InChI is InChI=1S/C18H14FN3O/c1-11(10-23)15-9-16-13(6-7-17(19)18(16)21-22-20)8-12-4-2-3-5-14(12)15/h2-7,10,15H,1,8-9H2/t15-/m1/s1. The second kappa shape index (κ2) is 6.07. The van der Waals surface area contributed by atoms with Crippen LogP contribution in [0.1, 0.15) is 28.2 Å². The minimum atomic E-state index is -0.553. The molecule has 1 atom stereocenters. The fraction of sp³-hybridized carbons (Fsp3) is 0.167. The fourth-order valence-corrected chi connectivity index (χ4v) is 3.16. The summed E-state index contributed by atoms with van der Waals surface area (Å²) in [5.41, 5.74) is 12.8. The van der Waals surface area contributed by atoms with Gasteiger partial charge in [0.05, 0.1) is 5.69 Å². The number of hydrogen-bond acceptors (Lipinski definition) is 2. The highest BCUT2D eigenvalue weighted by Gasteiger charge is 2.26. The number of rotatable bonds is 3. The summed E-state index contributed by atoms with van der Waals surface area (Å²) >= 11 is 0. The van der Waals surface area contributed by atoms with Crippen molar-refractivity contribution in [3.63, 3.8) is 0 Å². The monoisotopic (exact) mass is 307 g/mol. The predicted molar refractivity (Wildman–Crippen MR) is 86.1 cm³/mol. The van der Waals surface area contributed by atoms with Gasteiger partial charge in [-0.05, 0) is 52.3 Å². The third kappa shape index (κ3) is 2.62. The molecule has 0 aliphatic heterocycles. The van der Waals surface area contributed by atoms with Crippen molar-refractivity contribution in [2.75, 3.05) is 0 Å². The lowest BCUT2D eigenvalue weighted by Crippen LogP contribution is -2.07. The van der Waals surface area contributed by atoms with E-state index >= 15 is 0 Å². The van der Waals surface area contributed by atoms with Crippen molar-refractivity contribution in [2.45, 2.75) is 18.8 Å². The minimum absolute atomic E-state index is 0.0153. The summed E-state index contributed by atoms with van der Waals surface area (Å²) in [6, 6.07) is 10.8. The quantitative estimate of drug-likeness (QED) is 0.265. The molecule has 0 amide bonds.